The number of benzene rings is 2. The Morgan fingerprint density at radius 2 is 1.86 bits per heavy atom. The molecule has 1 fully saturated rings. The van der Waals surface area contributed by atoms with Crippen molar-refractivity contribution >= 4 is 40.0 Å². The molecule has 1 N–H and O–H groups in total. The highest BCUT2D eigenvalue weighted by Gasteiger charge is 2.24. The lowest BCUT2D eigenvalue weighted by Gasteiger charge is -2.31. The molecule has 1 aliphatic rings. The van der Waals surface area contributed by atoms with Crippen molar-refractivity contribution in [3.05, 3.63) is 87.7 Å². The van der Waals surface area contributed by atoms with Crippen LogP contribution in [-0.2, 0) is 19.5 Å². The summed E-state index contributed by atoms with van der Waals surface area (Å²) in [6, 6.07) is 13.9. The number of carbonyl (C=O) groups is 1. The first-order valence-electron chi connectivity index (χ1n) is 12.1. The van der Waals surface area contributed by atoms with Gasteiger partial charge in [-0.3, -0.25) is 9.69 Å². The van der Waals surface area contributed by atoms with Crippen molar-refractivity contribution in [3.63, 3.8) is 0 Å². The van der Waals surface area contributed by atoms with Crippen molar-refractivity contribution in [2.45, 2.75) is 19.5 Å². The molecule has 1 aliphatic heterocycles. The molecular formula is C27H29Cl2N5O2. The predicted molar refractivity (Wildman–Crippen MR) is 142 cm³/mol. The number of amides is 1. The molecule has 0 spiro atoms. The molecule has 2 aromatic heterocycles. The molecular weight excluding hydrogens is 497 g/mol. The highest BCUT2D eigenvalue weighted by Crippen LogP contribution is 2.27. The lowest BCUT2D eigenvalue weighted by molar-refractivity contribution is 0.0658. The van der Waals surface area contributed by atoms with Crippen molar-refractivity contribution in [1.82, 2.24) is 24.7 Å². The highest BCUT2D eigenvalue weighted by atomic mass is 35.5. The second-order valence-electron chi connectivity index (χ2n) is 9.26. The van der Waals surface area contributed by atoms with Gasteiger partial charge in [-0.2, -0.15) is 0 Å². The van der Waals surface area contributed by atoms with E-state index < -0.39 is 0 Å². The van der Waals surface area contributed by atoms with Crippen LogP contribution in [0.15, 0.2) is 59.3 Å². The number of rotatable bonds is 8. The van der Waals surface area contributed by atoms with E-state index in [-0.39, 0.29) is 5.91 Å². The fourth-order valence-electron chi connectivity index (χ4n) is 4.59. The maximum absolute atomic E-state index is 12.9. The Morgan fingerprint density at radius 1 is 1.06 bits per heavy atom. The Hall–Kier alpha value is -2.84. The summed E-state index contributed by atoms with van der Waals surface area (Å²) >= 11 is 12.8. The van der Waals surface area contributed by atoms with E-state index in [0.29, 0.717) is 47.8 Å². The van der Waals surface area contributed by atoms with Gasteiger partial charge in [0.2, 0.25) is 5.89 Å². The fraction of sp³-hybridized carbons (Fsp3) is 0.333. The minimum absolute atomic E-state index is 0.0821. The number of nitrogens with zero attached hydrogens (tertiary/aromatic N) is 4. The number of oxazole rings is 1. The first-order chi connectivity index (χ1) is 17.5. The van der Waals surface area contributed by atoms with E-state index in [2.05, 4.69) is 51.2 Å². The van der Waals surface area contributed by atoms with Gasteiger partial charge in [-0.1, -0.05) is 53.5 Å². The van der Waals surface area contributed by atoms with Crippen LogP contribution in [0.3, 0.4) is 0 Å². The zero-order valence-electron chi connectivity index (χ0n) is 20.2. The summed E-state index contributed by atoms with van der Waals surface area (Å²) in [4.78, 5) is 27.1. The van der Waals surface area contributed by atoms with Crippen LogP contribution >= 0.6 is 23.2 Å². The van der Waals surface area contributed by atoms with Gasteiger partial charge in [0.25, 0.3) is 5.91 Å². The van der Waals surface area contributed by atoms with Gasteiger partial charge in [-0.15, -0.1) is 0 Å². The van der Waals surface area contributed by atoms with Gasteiger partial charge in [0.1, 0.15) is 6.26 Å². The van der Waals surface area contributed by atoms with Gasteiger partial charge in [0.05, 0.1) is 16.6 Å². The third-order valence-electron chi connectivity index (χ3n) is 6.72. The molecule has 3 heterocycles. The SMILES string of the molecule is CN1CCN(C(=O)c2coc(CN(CCc3c[nH]c4ccccc34)Cc3cccc(Cl)c3Cl)n2)CC1. The minimum Gasteiger partial charge on any atom is -0.447 e. The number of carbonyl (C=O) groups excluding carboxylic acids is 1. The van der Waals surface area contributed by atoms with Gasteiger partial charge in [-0.25, -0.2) is 4.98 Å². The smallest absolute Gasteiger partial charge is 0.275 e. The zero-order chi connectivity index (χ0) is 25.1. The van der Waals surface area contributed by atoms with Crippen LogP contribution in [-0.4, -0.2) is 70.3 Å². The van der Waals surface area contributed by atoms with Gasteiger partial charge in [-0.05, 0) is 36.7 Å². The Balaban J connectivity index is 1.32. The van der Waals surface area contributed by atoms with Gasteiger partial charge >= 0.3 is 0 Å². The molecule has 7 nitrogen and oxygen atoms in total. The Bertz CT molecular complexity index is 1340. The molecule has 0 aliphatic carbocycles. The number of aromatic amines is 1. The number of fused-ring (bicyclic) bond motifs is 1. The van der Waals surface area contributed by atoms with Gasteiger partial charge < -0.3 is 19.2 Å². The van der Waals surface area contributed by atoms with E-state index >= 15 is 0 Å². The number of nitrogens with one attached hydrogen (secondary N) is 1. The van der Waals surface area contributed by atoms with Crippen LogP contribution in [0.1, 0.15) is 27.5 Å². The van der Waals surface area contributed by atoms with Gasteiger partial charge in [0.15, 0.2) is 5.69 Å². The van der Waals surface area contributed by atoms with E-state index in [4.69, 9.17) is 27.6 Å². The number of H-pyrrole nitrogens is 1. The monoisotopic (exact) mass is 525 g/mol. The van der Waals surface area contributed by atoms with Crippen LogP contribution in [0, 0.1) is 0 Å². The summed E-state index contributed by atoms with van der Waals surface area (Å²) in [5.41, 5.74) is 3.65. The number of aromatic nitrogens is 2. The number of piperazine rings is 1. The van der Waals surface area contributed by atoms with Crippen LogP contribution < -0.4 is 0 Å². The second-order valence-corrected chi connectivity index (χ2v) is 10.0. The topological polar surface area (TPSA) is 68.6 Å². The first kappa shape index (κ1) is 24.8. The average molecular weight is 526 g/mol. The van der Waals surface area contributed by atoms with Crippen molar-refractivity contribution in [2.75, 3.05) is 39.8 Å². The molecule has 4 aromatic rings. The maximum Gasteiger partial charge on any atom is 0.275 e. The summed E-state index contributed by atoms with van der Waals surface area (Å²) in [5.74, 6) is 0.422. The van der Waals surface area contributed by atoms with Crippen molar-refractivity contribution in [1.29, 1.82) is 0 Å². The average Bonchev–Trinajstić information content (AvgIpc) is 3.52. The quantitative estimate of drug-likeness (QED) is 0.346. The summed E-state index contributed by atoms with van der Waals surface area (Å²) in [5, 5.41) is 2.30. The van der Waals surface area contributed by atoms with Crippen molar-refractivity contribution in [2.24, 2.45) is 0 Å². The third kappa shape index (κ3) is 5.60. The number of hydrogen-bond donors (Lipinski definition) is 1. The van der Waals surface area contributed by atoms with Crippen molar-refractivity contribution < 1.29 is 9.21 Å². The number of hydrogen-bond acceptors (Lipinski definition) is 5. The predicted octanol–water partition coefficient (Wildman–Crippen LogP) is 5.10. The van der Waals surface area contributed by atoms with E-state index in [9.17, 15) is 4.79 Å². The third-order valence-corrected chi connectivity index (χ3v) is 7.58. The largest absolute Gasteiger partial charge is 0.447 e. The second kappa shape index (κ2) is 11.0. The van der Waals surface area contributed by atoms with Crippen LogP contribution in [0.2, 0.25) is 10.0 Å². The zero-order valence-corrected chi connectivity index (χ0v) is 21.7. The molecule has 1 amide bonds. The van der Waals surface area contributed by atoms with E-state index in [0.717, 1.165) is 37.1 Å². The van der Waals surface area contributed by atoms with Crippen molar-refractivity contribution in [3.8, 4) is 0 Å². The molecule has 0 unspecified atom stereocenters. The molecule has 2 aromatic carbocycles. The molecule has 36 heavy (non-hydrogen) atoms. The van der Waals surface area contributed by atoms with E-state index in [1.165, 1.54) is 17.2 Å². The standard InChI is InChI=1S/C27H29Cl2N5O2/c1-32-11-13-34(14-12-32)27(35)24-18-36-25(31-24)17-33(16-20-5-4-7-22(28)26(20)29)10-9-19-15-30-23-8-3-2-6-21(19)23/h2-8,15,18,30H,9-14,16-17H2,1H3. The minimum atomic E-state index is -0.0821. The maximum atomic E-state index is 12.9. The molecule has 0 atom stereocenters. The van der Waals surface area contributed by atoms with E-state index in [1.54, 1.807) is 6.07 Å². The van der Waals surface area contributed by atoms with Crippen LogP contribution in [0.5, 0.6) is 0 Å². The first-order valence-corrected chi connectivity index (χ1v) is 12.9. The fourth-order valence-corrected chi connectivity index (χ4v) is 4.97. The molecule has 1 saturated heterocycles. The van der Waals surface area contributed by atoms with E-state index in [1.807, 2.05) is 23.1 Å². The summed E-state index contributed by atoms with van der Waals surface area (Å²) < 4.78 is 5.75. The Kier molecular flexibility index (Phi) is 7.62. The molecule has 9 heteroatoms. The Labute approximate surface area is 220 Å². The summed E-state index contributed by atoms with van der Waals surface area (Å²) in [7, 11) is 2.06. The molecule has 0 bridgehead atoms. The van der Waals surface area contributed by atoms with Crippen LogP contribution in [0.25, 0.3) is 10.9 Å². The lowest BCUT2D eigenvalue weighted by Crippen LogP contribution is -2.47. The number of likely N-dealkylation sites (N-methyl/N-ethyl adjacent to an activating group) is 1. The number of halogens is 2. The summed E-state index contributed by atoms with van der Waals surface area (Å²) in [6.45, 7) is 4.88. The molecule has 5 rings (SSSR count). The highest BCUT2D eigenvalue weighted by molar-refractivity contribution is 6.42. The molecule has 0 saturated carbocycles. The normalized spacial score (nSPS) is 14.7. The van der Waals surface area contributed by atoms with Gasteiger partial charge in [0, 0.05) is 56.4 Å². The summed E-state index contributed by atoms with van der Waals surface area (Å²) in [6.07, 6.45) is 4.36. The number of para-hydroxylation sites is 1. The lowest BCUT2D eigenvalue weighted by atomic mass is 10.1. The molecule has 188 valence electrons. The van der Waals surface area contributed by atoms with Crippen LogP contribution in [0.4, 0.5) is 0 Å². The molecule has 0 radical (unpaired) electrons. The Morgan fingerprint density at radius 3 is 2.69 bits per heavy atom.